The number of benzene rings is 1. The van der Waals surface area contributed by atoms with Crippen molar-refractivity contribution in [3.05, 3.63) is 59.4 Å². The summed E-state index contributed by atoms with van der Waals surface area (Å²) in [6.07, 6.45) is 2.55. The van der Waals surface area contributed by atoms with Gasteiger partial charge >= 0.3 is 0 Å². The van der Waals surface area contributed by atoms with Gasteiger partial charge in [-0.2, -0.15) is 0 Å². The highest BCUT2D eigenvalue weighted by molar-refractivity contribution is 5.31. The Morgan fingerprint density at radius 2 is 2.04 bits per heavy atom. The second-order valence-corrected chi connectivity index (χ2v) is 6.49. The number of aromatic nitrogens is 1. The van der Waals surface area contributed by atoms with Crippen LogP contribution >= 0.6 is 0 Å². The molecule has 0 aliphatic carbocycles. The second-order valence-electron chi connectivity index (χ2n) is 6.49. The molecule has 1 aliphatic heterocycles. The van der Waals surface area contributed by atoms with E-state index in [0.29, 0.717) is 13.2 Å². The van der Waals surface area contributed by atoms with Gasteiger partial charge in [0, 0.05) is 31.5 Å². The number of pyridine rings is 1. The number of likely N-dealkylation sites (tertiary alicyclic amines) is 1. The van der Waals surface area contributed by atoms with E-state index < -0.39 is 5.60 Å². The smallest absolute Gasteiger partial charge is 0.122 e. The zero-order valence-corrected chi connectivity index (χ0v) is 13.8. The fraction of sp³-hybridized carbons (Fsp3) is 0.421. The molecule has 0 radical (unpaired) electrons. The van der Waals surface area contributed by atoms with E-state index in [-0.39, 0.29) is 0 Å². The van der Waals surface area contributed by atoms with Crippen LogP contribution in [0.2, 0.25) is 0 Å². The Hall–Kier alpha value is -1.91. The monoisotopic (exact) mass is 312 g/mol. The van der Waals surface area contributed by atoms with Crippen LogP contribution < -0.4 is 4.74 Å². The molecule has 4 nitrogen and oxygen atoms in total. The molecule has 0 unspecified atom stereocenters. The average molecular weight is 312 g/mol. The Morgan fingerprint density at radius 1 is 1.22 bits per heavy atom. The fourth-order valence-corrected chi connectivity index (χ4v) is 3.05. The number of nitrogens with zero attached hydrogens (tertiary/aromatic N) is 2. The quantitative estimate of drug-likeness (QED) is 0.922. The maximum atomic E-state index is 10.8. The van der Waals surface area contributed by atoms with Crippen molar-refractivity contribution in [1.29, 1.82) is 0 Å². The van der Waals surface area contributed by atoms with Gasteiger partial charge in [-0.25, -0.2) is 0 Å². The minimum atomic E-state index is -0.779. The third-order valence-electron chi connectivity index (χ3n) is 4.51. The standard InChI is InChI=1S/C19H24N2O2/c1-15-6-3-4-8-18(15)23-14-19(22)9-11-21(13-19)12-17-7-5-10-20-16(17)2/h3-8,10,22H,9,11-14H2,1-2H3/t19-/m1/s1. The largest absolute Gasteiger partial charge is 0.490 e. The van der Waals surface area contributed by atoms with Crippen molar-refractivity contribution in [1.82, 2.24) is 9.88 Å². The van der Waals surface area contributed by atoms with Crippen LogP contribution in [0.25, 0.3) is 0 Å². The molecule has 1 atom stereocenters. The van der Waals surface area contributed by atoms with Gasteiger partial charge in [-0.1, -0.05) is 24.3 Å². The Bertz CT molecular complexity index is 674. The first-order valence-electron chi connectivity index (χ1n) is 8.09. The van der Waals surface area contributed by atoms with Crippen molar-refractivity contribution in [2.75, 3.05) is 19.7 Å². The third-order valence-corrected chi connectivity index (χ3v) is 4.51. The van der Waals surface area contributed by atoms with Crippen LogP contribution in [0.5, 0.6) is 5.75 Å². The lowest BCUT2D eigenvalue weighted by Gasteiger charge is -2.24. The Morgan fingerprint density at radius 3 is 2.83 bits per heavy atom. The van der Waals surface area contributed by atoms with Crippen molar-refractivity contribution in [3.8, 4) is 5.75 Å². The molecular formula is C19H24N2O2. The summed E-state index contributed by atoms with van der Waals surface area (Å²) in [5, 5.41) is 10.8. The molecule has 3 rings (SSSR count). The first-order chi connectivity index (χ1) is 11.1. The van der Waals surface area contributed by atoms with Crippen LogP contribution in [0.3, 0.4) is 0 Å². The SMILES string of the molecule is Cc1ccccc1OC[C@@]1(O)CCN(Cc2cccnc2C)C1. The fourth-order valence-electron chi connectivity index (χ4n) is 3.05. The topological polar surface area (TPSA) is 45.6 Å². The number of ether oxygens (including phenoxy) is 1. The van der Waals surface area contributed by atoms with Crippen molar-refractivity contribution in [2.24, 2.45) is 0 Å². The van der Waals surface area contributed by atoms with Crippen molar-refractivity contribution in [2.45, 2.75) is 32.4 Å². The van der Waals surface area contributed by atoms with E-state index in [1.165, 1.54) is 5.56 Å². The van der Waals surface area contributed by atoms with Crippen molar-refractivity contribution < 1.29 is 9.84 Å². The molecule has 0 amide bonds. The lowest BCUT2D eigenvalue weighted by Crippen LogP contribution is -2.39. The molecule has 2 heterocycles. The third kappa shape index (κ3) is 3.89. The minimum absolute atomic E-state index is 0.334. The van der Waals surface area contributed by atoms with E-state index in [0.717, 1.165) is 36.5 Å². The van der Waals surface area contributed by atoms with Gasteiger partial charge in [0.1, 0.15) is 18.0 Å². The first kappa shape index (κ1) is 16.0. The molecule has 0 saturated carbocycles. The summed E-state index contributed by atoms with van der Waals surface area (Å²) in [4.78, 5) is 6.60. The molecule has 1 aliphatic rings. The van der Waals surface area contributed by atoms with Crippen LogP contribution in [-0.4, -0.2) is 40.3 Å². The van der Waals surface area contributed by atoms with Crippen LogP contribution in [0, 0.1) is 13.8 Å². The number of hydrogen-bond donors (Lipinski definition) is 1. The molecular weight excluding hydrogens is 288 g/mol. The molecule has 122 valence electrons. The predicted octanol–water partition coefficient (Wildman–Crippen LogP) is 2.71. The normalized spacial score (nSPS) is 21.5. The van der Waals surface area contributed by atoms with E-state index in [9.17, 15) is 5.11 Å². The van der Waals surface area contributed by atoms with Crippen LogP contribution in [0.4, 0.5) is 0 Å². The molecule has 1 aromatic carbocycles. The van der Waals surface area contributed by atoms with E-state index in [1.807, 2.05) is 50.4 Å². The van der Waals surface area contributed by atoms with E-state index in [4.69, 9.17) is 4.74 Å². The molecule has 2 aromatic rings. The molecule has 0 spiro atoms. The van der Waals surface area contributed by atoms with Gasteiger partial charge in [-0.15, -0.1) is 0 Å². The zero-order valence-electron chi connectivity index (χ0n) is 13.8. The van der Waals surface area contributed by atoms with Gasteiger partial charge in [0.2, 0.25) is 0 Å². The maximum absolute atomic E-state index is 10.8. The summed E-state index contributed by atoms with van der Waals surface area (Å²) in [5.74, 6) is 0.850. The first-order valence-corrected chi connectivity index (χ1v) is 8.09. The predicted molar refractivity (Wildman–Crippen MR) is 90.5 cm³/mol. The van der Waals surface area contributed by atoms with Gasteiger partial charge in [-0.3, -0.25) is 9.88 Å². The number of para-hydroxylation sites is 1. The van der Waals surface area contributed by atoms with Gasteiger partial charge in [-0.05, 0) is 43.5 Å². The number of hydrogen-bond acceptors (Lipinski definition) is 4. The minimum Gasteiger partial charge on any atom is -0.490 e. The summed E-state index contributed by atoms with van der Waals surface area (Å²) in [5.41, 5.74) is 2.59. The highest BCUT2D eigenvalue weighted by atomic mass is 16.5. The molecule has 1 saturated heterocycles. The summed E-state index contributed by atoms with van der Waals surface area (Å²) in [6.45, 7) is 6.71. The van der Waals surface area contributed by atoms with E-state index in [2.05, 4.69) is 16.0 Å². The Labute approximate surface area is 137 Å². The lowest BCUT2D eigenvalue weighted by molar-refractivity contribution is 0.00318. The Kier molecular flexibility index (Phi) is 4.64. The molecule has 1 fully saturated rings. The maximum Gasteiger partial charge on any atom is 0.122 e. The molecule has 1 N–H and O–H groups in total. The van der Waals surface area contributed by atoms with Gasteiger partial charge in [0.25, 0.3) is 0 Å². The zero-order chi connectivity index (χ0) is 16.3. The molecule has 0 bridgehead atoms. The average Bonchev–Trinajstić information content (AvgIpc) is 2.90. The van der Waals surface area contributed by atoms with Gasteiger partial charge < -0.3 is 9.84 Å². The van der Waals surface area contributed by atoms with Crippen LogP contribution in [-0.2, 0) is 6.54 Å². The highest BCUT2D eigenvalue weighted by Crippen LogP contribution is 2.25. The summed E-state index contributed by atoms with van der Waals surface area (Å²) in [6, 6.07) is 12.0. The van der Waals surface area contributed by atoms with E-state index >= 15 is 0 Å². The van der Waals surface area contributed by atoms with Crippen molar-refractivity contribution >= 4 is 0 Å². The van der Waals surface area contributed by atoms with Crippen LogP contribution in [0.1, 0.15) is 23.2 Å². The molecule has 4 heteroatoms. The number of aryl methyl sites for hydroxylation is 2. The summed E-state index contributed by atoms with van der Waals surface area (Å²) < 4.78 is 5.86. The molecule has 23 heavy (non-hydrogen) atoms. The number of aliphatic hydroxyl groups is 1. The number of β-amino-alcohol motifs (C(OH)–C–C–N with tert-alkyl or cyclic N) is 1. The number of rotatable bonds is 5. The van der Waals surface area contributed by atoms with Crippen molar-refractivity contribution in [3.63, 3.8) is 0 Å². The molecule has 1 aromatic heterocycles. The lowest BCUT2D eigenvalue weighted by atomic mass is 10.1. The highest BCUT2D eigenvalue weighted by Gasteiger charge is 2.37. The van der Waals surface area contributed by atoms with Gasteiger partial charge in [0.15, 0.2) is 0 Å². The van der Waals surface area contributed by atoms with E-state index in [1.54, 1.807) is 0 Å². The summed E-state index contributed by atoms with van der Waals surface area (Å²) in [7, 11) is 0. The van der Waals surface area contributed by atoms with Crippen LogP contribution in [0.15, 0.2) is 42.6 Å². The summed E-state index contributed by atoms with van der Waals surface area (Å²) >= 11 is 0. The van der Waals surface area contributed by atoms with Gasteiger partial charge in [0.05, 0.1) is 0 Å². The Balaban J connectivity index is 1.58. The second kappa shape index (κ2) is 6.69.